The maximum absolute atomic E-state index is 12.1. The summed E-state index contributed by atoms with van der Waals surface area (Å²) in [5.74, 6) is 0.259. The number of para-hydroxylation sites is 1. The molecule has 0 amide bonds. The van der Waals surface area contributed by atoms with Gasteiger partial charge in [-0.05, 0) is 74.0 Å². The molecule has 2 aliphatic rings. The lowest BCUT2D eigenvalue weighted by Crippen LogP contribution is -2.36. The predicted octanol–water partition coefficient (Wildman–Crippen LogP) is 5.21. The minimum absolute atomic E-state index is 0.0265. The van der Waals surface area contributed by atoms with E-state index in [-0.39, 0.29) is 18.6 Å². The highest BCUT2D eigenvalue weighted by atomic mass is 32.2. The first-order valence-corrected chi connectivity index (χ1v) is 14.4. The van der Waals surface area contributed by atoms with Gasteiger partial charge in [-0.25, -0.2) is 8.42 Å². The van der Waals surface area contributed by atoms with Crippen molar-refractivity contribution in [2.75, 3.05) is 12.9 Å². The molecule has 2 aromatic carbocycles. The average Bonchev–Trinajstić information content (AvgIpc) is 3.31. The molecule has 0 bridgehead atoms. The molecule has 2 atom stereocenters. The summed E-state index contributed by atoms with van der Waals surface area (Å²) < 4.78 is 38.6. The molecule has 36 heavy (non-hydrogen) atoms. The maximum Gasteiger partial charge on any atom is 0.312 e. The van der Waals surface area contributed by atoms with Crippen LogP contribution in [0.2, 0.25) is 0 Å². The first-order chi connectivity index (χ1) is 17.2. The number of rotatable bonds is 10. The standard InChI is InChI=1S/C28H35NO6S/c1-36(32,33)29-18-22-15-16-28(17-22,27(30)31)20-35-24-13-11-23(12-14-24)25-9-5-6-10-26(25)34-19-21-7-3-2-4-8-21/h2-10,18,22-24H,11-17,19-20H2,1H3,(H,30,31)/b29-18+/t22?,23?,24?,28-/m0/s1. The molecule has 2 saturated carbocycles. The number of sulfonamides is 1. The van der Waals surface area contributed by atoms with Crippen LogP contribution in [0.15, 0.2) is 59.0 Å². The van der Waals surface area contributed by atoms with E-state index in [0.29, 0.717) is 31.8 Å². The maximum atomic E-state index is 12.1. The van der Waals surface area contributed by atoms with Gasteiger partial charge in [-0.3, -0.25) is 4.79 Å². The minimum atomic E-state index is -3.47. The van der Waals surface area contributed by atoms with Crippen molar-refractivity contribution >= 4 is 22.2 Å². The molecule has 8 heteroatoms. The largest absolute Gasteiger partial charge is 0.489 e. The summed E-state index contributed by atoms with van der Waals surface area (Å²) in [6, 6.07) is 18.3. The van der Waals surface area contributed by atoms with Gasteiger partial charge in [-0.15, -0.1) is 0 Å². The Morgan fingerprint density at radius 1 is 1.06 bits per heavy atom. The highest BCUT2D eigenvalue weighted by Crippen LogP contribution is 2.43. The number of hydrogen-bond donors (Lipinski definition) is 1. The number of carboxylic acid groups (broad SMARTS) is 1. The summed E-state index contributed by atoms with van der Waals surface area (Å²) >= 11 is 0. The van der Waals surface area contributed by atoms with Crippen molar-refractivity contribution in [1.82, 2.24) is 0 Å². The third-order valence-corrected chi connectivity index (χ3v) is 7.93. The van der Waals surface area contributed by atoms with Crippen molar-refractivity contribution in [3.05, 3.63) is 65.7 Å². The molecule has 4 rings (SSSR count). The lowest BCUT2D eigenvalue weighted by atomic mass is 9.82. The molecule has 0 aliphatic heterocycles. The Labute approximate surface area is 213 Å². The zero-order valence-electron chi connectivity index (χ0n) is 20.7. The molecule has 0 radical (unpaired) electrons. The topological polar surface area (TPSA) is 102 Å². The Bertz CT molecular complexity index is 1160. The molecule has 1 unspecified atom stereocenters. The molecule has 0 aromatic heterocycles. The molecule has 194 valence electrons. The van der Waals surface area contributed by atoms with Gasteiger partial charge in [0.2, 0.25) is 10.0 Å². The van der Waals surface area contributed by atoms with Crippen LogP contribution in [0.3, 0.4) is 0 Å². The van der Waals surface area contributed by atoms with Gasteiger partial charge in [-0.2, -0.15) is 4.40 Å². The van der Waals surface area contributed by atoms with Gasteiger partial charge in [0.25, 0.3) is 0 Å². The second-order valence-corrected chi connectivity index (χ2v) is 11.8. The van der Waals surface area contributed by atoms with E-state index in [9.17, 15) is 18.3 Å². The Hall–Kier alpha value is -2.71. The molecule has 2 fully saturated rings. The van der Waals surface area contributed by atoms with E-state index in [1.54, 1.807) is 0 Å². The van der Waals surface area contributed by atoms with Crippen LogP contribution in [-0.2, 0) is 26.2 Å². The van der Waals surface area contributed by atoms with Crippen molar-refractivity contribution in [1.29, 1.82) is 0 Å². The Morgan fingerprint density at radius 3 is 2.44 bits per heavy atom. The smallest absolute Gasteiger partial charge is 0.312 e. The third kappa shape index (κ3) is 6.95. The summed E-state index contributed by atoms with van der Waals surface area (Å²) in [5.41, 5.74) is 1.37. The second kappa shape index (κ2) is 11.6. The fourth-order valence-corrected chi connectivity index (χ4v) is 5.77. The van der Waals surface area contributed by atoms with Crippen molar-refractivity contribution in [2.45, 2.75) is 63.6 Å². The van der Waals surface area contributed by atoms with Crippen LogP contribution in [0, 0.1) is 11.3 Å². The molecule has 2 aliphatic carbocycles. The summed E-state index contributed by atoms with van der Waals surface area (Å²) in [7, 11) is -3.47. The van der Waals surface area contributed by atoms with Gasteiger partial charge in [0, 0.05) is 6.21 Å². The highest BCUT2D eigenvalue weighted by Gasteiger charge is 2.46. The van der Waals surface area contributed by atoms with Gasteiger partial charge < -0.3 is 14.6 Å². The highest BCUT2D eigenvalue weighted by molar-refractivity contribution is 7.89. The summed E-state index contributed by atoms with van der Waals surface area (Å²) in [6.07, 6.45) is 7.52. The fraction of sp³-hybridized carbons (Fsp3) is 0.500. The molecular weight excluding hydrogens is 478 g/mol. The summed E-state index contributed by atoms with van der Waals surface area (Å²) in [6.45, 7) is 0.682. The lowest BCUT2D eigenvalue weighted by Gasteiger charge is -2.32. The summed E-state index contributed by atoms with van der Waals surface area (Å²) in [4.78, 5) is 12.1. The second-order valence-electron chi connectivity index (χ2n) is 10.2. The van der Waals surface area contributed by atoms with Crippen LogP contribution in [0.1, 0.15) is 62.0 Å². The quantitative estimate of drug-likeness (QED) is 0.438. The molecule has 0 heterocycles. The normalized spacial score (nSPS) is 26.8. The number of nitrogens with zero attached hydrogens (tertiary/aromatic N) is 1. The van der Waals surface area contributed by atoms with Gasteiger partial charge >= 0.3 is 5.97 Å². The first-order valence-electron chi connectivity index (χ1n) is 12.6. The van der Waals surface area contributed by atoms with Crippen LogP contribution < -0.4 is 4.74 Å². The molecule has 2 aromatic rings. The zero-order chi connectivity index (χ0) is 25.6. The van der Waals surface area contributed by atoms with Crippen LogP contribution in [0.5, 0.6) is 5.75 Å². The van der Waals surface area contributed by atoms with Gasteiger partial charge in [0.15, 0.2) is 0 Å². The first kappa shape index (κ1) is 26.4. The van der Waals surface area contributed by atoms with Gasteiger partial charge in [0.05, 0.1) is 24.4 Å². The van der Waals surface area contributed by atoms with Crippen molar-refractivity contribution in [2.24, 2.45) is 15.7 Å². The van der Waals surface area contributed by atoms with Crippen LogP contribution in [-0.4, -0.2) is 44.7 Å². The average molecular weight is 514 g/mol. The molecule has 0 saturated heterocycles. The third-order valence-electron chi connectivity index (χ3n) is 7.43. The van der Waals surface area contributed by atoms with E-state index in [1.165, 1.54) is 11.8 Å². The number of carboxylic acids is 1. The lowest BCUT2D eigenvalue weighted by molar-refractivity contribution is -0.154. The SMILES string of the molecule is CS(=O)(=O)/N=C/C1CC[C@](COC2CCC(c3ccccc3OCc3ccccc3)CC2)(C(=O)O)C1. The Morgan fingerprint density at radius 2 is 1.75 bits per heavy atom. The molecule has 0 spiro atoms. The van der Waals surface area contributed by atoms with Crippen LogP contribution >= 0.6 is 0 Å². The van der Waals surface area contributed by atoms with Crippen LogP contribution in [0.25, 0.3) is 0 Å². The monoisotopic (exact) mass is 513 g/mol. The number of benzene rings is 2. The van der Waals surface area contributed by atoms with Gasteiger partial charge in [-0.1, -0.05) is 48.5 Å². The van der Waals surface area contributed by atoms with E-state index >= 15 is 0 Å². The number of aliphatic carboxylic acids is 1. The number of hydrogen-bond acceptors (Lipinski definition) is 5. The van der Waals surface area contributed by atoms with Crippen molar-refractivity contribution in [3.63, 3.8) is 0 Å². The Balaban J connectivity index is 1.30. The van der Waals surface area contributed by atoms with E-state index in [2.05, 4.69) is 22.6 Å². The Kier molecular flexibility index (Phi) is 8.46. The van der Waals surface area contributed by atoms with E-state index in [4.69, 9.17) is 9.47 Å². The molecule has 1 N–H and O–H groups in total. The van der Waals surface area contributed by atoms with E-state index in [0.717, 1.165) is 43.3 Å². The van der Waals surface area contributed by atoms with E-state index in [1.807, 2.05) is 36.4 Å². The molecular formula is C28H35NO6S. The predicted molar refractivity (Wildman–Crippen MR) is 139 cm³/mol. The number of carbonyl (C=O) groups is 1. The molecule has 7 nitrogen and oxygen atoms in total. The number of ether oxygens (including phenoxy) is 2. The minimum Gasteiger partial charge on any atom is -0.489 e. The zero-order valence-corrected chi connectivity index (χ0v) is 21.5. The fourth-order valence-electron chi connectivity index (χ4n) is 5.38. The summed E-state index contributed by atoms with van der Waals surface area (Å²) in [5, 5.41) is 9.94. The van der Waals surface area contributed by atoms with Crippen molar-refractivity contribution in [3.8, 4) is 5.75 Å². The van der Waals surface area contributed by atoms with Gasteiger partial charge in [0.1, 0.15) is 12.4 Å². The van der Waals surface area contributed by atoms with Crippen LogP contribution in [0.4, 0.5) is 0 Å². The van der Waals surface area contributed by atoms with Crippen molar-refractivity contribution < 1.29 is 27.8 Å². The van der Waals surface area contributed by atoms with E-state index < -0.39 is 21.4 Å².